The molecule has 0 atom stereocenters. The third kappa shape index (κ3) is 1.80. The number of fused-ring (bicyclic) bond motifs is 1. The van der Waals surface area contributed by atoms with Crippen LogP contribution in [0.25, 0.3) is 10.9 Å². The number of aromatic nitrogens is 3. The maximum atomic E-state index is 11.7. The fourth-order valence-electron chi connectivity index (χ4n) is 1.67. The molecule has 0 aliphatic carbocycles. The minimum Gasteiger partial charge on any atom is -0.464 e. The highest BCUT2D eigenvalue weighted by molar-refractivity contribution is 6.30. The van der Waals surface area contributed by atoms with Crippen LogP contribution < -0.4 is 5.56 Å². The van der Waals surface area contributed by atoms with Crippen LogP contribution in [0, 0.1) is 0 Å². The van der Waals surface area contributed by atoms with Gasteiger partial charge >= 0.3 is 5.97 Å². The molecule has 0 bridgehead atoms. The number of esters is 1. The SMILES string of the molecule is CCn1[nH]c(=O)c2cc(Cl)nc(C(=O)OC)c21. The zero-order valence-electron chi connectivity index (χ0n) is 9.28. The minimum absolute atomic E-state index is 0.0372. The Balaban J connectivity index is 2.90. The number of ether oxygens (including phenoxy) is 1. The van der Waals surface area contributed by atoms with E-state index < -0.39 is 5.97 Å². The van der Waals surface area contributed by atoms with Crippen molar-refractivity contribution in [1.29, 1.82) is 0 Å². The summed E-state index contributed by atoms with van der Waals surface area (Å²) in [5.74, 6) is -0.626. The molecule has 0 spiro atoms. The Bertz CT molecular complexity index is 644. The van der Waals surface area contributed by atoms with Gasteiger partial charge in [0.1, 0.15) is 10.7 Å². The molecule has 0 aliphatic rings. The highest BCUT2D eigenvalue weighted by Gasteiger charge is 2.19. The van der Waals surface area contributed by atoms with E-state index in [2.05, 4.69) is 14.8 Å². The highest BCUT2D eigenvalue weighted by Crippen LogP contribution is 2.19. The summed E-state index contributed by atoms with van der Waals surface area (Å²) in [4.78, 5) is 27.1. The molecule has 0 saturated heterocycles. The van der Waals surface area contributed by atoms with Crippen LogP contribution in [-0.4, -0.2) is 27.8 Å². The highest BCUT2D eigenvalue weighted by atomic mass is 35.5. The number of hydrogen-bond acceptors (Lipinski definition) is 4. The van der Waals surface area contributed by atoms with Gasteiger partial charge in [0, 0.05) is 6.54 Å². The Morgan fingerprint density at radius 1 is 1.65 bits per heavy atom. The van der Waals surface area contributed by atoms with Crippen molar-refractivity contribution in [3.05, 3.63) is 27.3 Å². The molecule has 0 aromatic carbocycles. The molecule has 2 aromatic heterocycles. The van der Waals surface area contributed by atoms with E-state index in [4.69, 9.17) is 11.6 Å². The fraction of sp³-hybridized carbons (Fsp3) is 0.300. The molecule has 90 valence electrons. The summed E-state index contributed by atoms with van der Waals surface area (Å²) in [6.45, 7) is 2.34. The molecule has 0 radical (unpaired) electrons. The van der Waals surface area contributed by atoms with Gasteiger partial charge in [0.25, 0.3) is 5.56 Å². The zero-order chi connectivity index (χ0) is 12.6. The van der Waals surface area contributed by atoms with Crippen molar-refractivity contribution in [3.63, 3.8) is 0 Å². The molecule has 7 heteroatoms. The Labute approximate surface area is 101 Å². The van der Waals surface area contributed by atoms with Crippen molar-refractivity contribution < 1.29 is 9.53 Å². The topological polar surface area (TPSA) is 77.0 Å². The summed E-state index contributed by atoms with van der Waals surface area (Å²) in [6, 6.07) is 1.42. The second kappa shape index (κ2) is 4.21. The van der Waals surface area contributed by atoms with E-state index in [1.807, 2.05) is 6.92 Å². The normalized spacial score (nSPS) is 10.8. The predicted molar refractivity (Wildman–Crippen MR) is 62.4 cm³/mol. The zero-order valence-corrected chi connectivity index (χ0v) is 10.0. The number of hydrogen-bond donors (Lipinski definition) is 1. The van der Waals surface area contributed by atoms with E-state index >= 15 is 0 Å². The fourth-order valence-corrected chi connectivity index (χ4v) is 1.86. The van der Waals surface area contributed by atoms with Crippen LogP contribution in [-0.2, 0) is 11.3 Å². The first-order valence-corrected chi connectivity index (χ1v) is 5.33. The Hall–Kier alpha value is -1.82. The number of pyridine rings is 1. The number of aromatic amines is 1. The maximum absolute atomic E-state index is 11.7. The van der Waals surface area contributed by atoms with Gasteiger partial charge in [0.2, 0.25) is 0 Å². The van der Waals surface area contributed by atoms with Crippen molar-refractivity contribution in [2.24, 2.45) is 0 Å². The summed E-state index contributed by atoms with van der Waals surface area (Å²) in [5.41, 5.74) is 0.139. The molecule has 1 N–H and O–H groups in total. The third-order valence-corrected chi connectivity index (χ3v) is 2.60. The van der Waals surface area contributed by atoms with Gasteiger partial charge < -0.3 is 4.74 Å². The second-order valence-electron chi connectivity index (χ2n) is 3.37. The first kappa shape index (κ1) is 11.7. The van der Waals surface area contributed by atoms with Gasteiger partial charge in [-0.1, -0.05) is 11.6 Å². The second-order valence-corrected chi connectivity index (χ2v) is 3.75. The van der Waals surface area contributed by atoms with Crippen molar-refractivity contribution in [1.82, 2.24) is 14.8 Å². The third-order valence-electron chi connectivity index (χ3n) is 2.41. The van der Waals surface area contributed by atoms with Crippen molar-refractivity contribution >= 4 is 28.5 Å². The van der Waals surface area contributed by atoms with Gasteiger partial charge in [-0.05, 0) is 13.0 Å². The molecular formula is C10H10ClN3O3. The summed E-state index contributed by atoms with van der Waals surface area (Å²) < 4.78 is 6.15. The minimum atomic E-state index is -0.626. The van der Waals surface area contributed by atoms with Crippen LogP contribution in [0.5, 0.6) is 0 Å². The van der Waals surface area contributed by atoms with Gasteiger partial charge in [0.05, 0.1) is 12.5 Å². The van der Waals surface area contributed by atoms with Crippen molar-refractivity contribution in [2.45, 2.75) is 13.5 Å². The number of carbonyl (C=O) groups is 1. The lowest BCUT2D eigenvalue weighted by molar-refractivity contribution is 0.0596. The van der Waals surface area contributed by atoms with Crippen LogP contribution in [0.4, 0.5) is 0 Å². The molecule has 17 heavy (non-hydrogen) atoms. The smallest absolute Gasteiger partial charge is 0.358 e. The van der Waals surface area contributed by atoms with Crippen molar-refractivity contribution in [3.8, 4) is 0 Å². The van der Waals surface area contributed by atoms with Gasteiger partial charge in [-0.3, -0.25) is 14.6 Å². The molecule has 2 aromatic rings. The van der Waals surface area contributed by atoms with Crippen LogP contribution >= 0.6 is 11.6 Å². The molecule has 0 fully saturated rings. The number of aryl methyl sites for hydroxylation is 1. The monoisotopic (exact) mass is 255 g/mol. The Kier molecular flexibility index (Phi) is 2.89. The Morgan fingerprint density at radius 2 is 2.35 bits per heavy atom. The van der Waals surface area contributed by atoms with Gasteiger partial charge in [-0.15, -0.1) is 0 Å². The lowest BCUT2D eigenvalue weighted by atomic mass is 10.2. The quantitative estimate of drug-likeness (QED) is 0.646. The number of carbonyl (C=O) groups excluding carboxylic acids is 1. The molecular weight excluding hydrogens is 246 g/mol. The number of methoxy groups -OCH3 is 1. The number of halogens is 1. The molecule has 0 saturated carbocycles. The molecule has 2 rings (SSSR count). The maximum Gasteiger partial charge on any atom is 0.358 e. The van der Waals surface area contributed by atoms with E-state index in [0.717, 1.165) is 0 Å². The van der Waals surface area contributed by atoms with E-state index in [9.17, 15) is 9.59 Å². The van der Waals surface area contributed by atoms with E-state index in [1.54, 1.807) is 0 Å². The van der Waals surface area contributed by atoms with E-state index in [0.29, 0.717) is 17.4 Å². The molecule has 6 nitrogen and oxygen atoms in total. The van der Waals surface area contributed by atoms with Gasteiger partial charge in [-0.25, -0.2) is 9.78 Å². The molecule has 2 heterocycles. The lowest BCUT2D eigenvalue weighted by Gasteiger charge is -2.04. The average Bonchev–Trinajstić information content (AvgIpc) is 2.64. The summed E-state index contributed by atoms with van der Waals surface area (Å²) >= 11 is 5.77. The number of H-pyrrole nitrogens is 1. The van der Waals surface area contributed by atoms with Crippen molar-refractivity contribution in [2.75, 3.05) is 7.11 Å². The van der Waals surface area contributed by atoms with Gasteiger partial charge in [-0.2, -0.15) is 0 Å². The Morgan fingerprint density at radius 3 is 2.94 bits per heavy atom. The van der Waals surface area contributed by atoms with E-state index in [1.165, 1.54) is 17.9 Å². The molecule has 0 unspecified atom stereocenters. The summed E-state index contributed by atoms with van der Waals surface area (Å²) in [5, 5.41) is 3.01. The molecule has 0 amide bonds. The standard InChI is InChI=1S/C10H10ClN3O3/c1-3-14-8-5(9(15)13-14)4-6(11)12-7(8)10(16)17-2/h4H,3H2,1-2H3,(H,13,15). The van der Waals surface area contributed by atoms with E-state index in [-0.39, 0.29) is 16.4 Å². The first-order chi connectivity index (χ1) is 8.08. The first-order valence-electron chi connectivity index (χ1n) is 4.95. The number of rotatable bonds is 2. The van der Waals surface area contributed by atoms with Crippen LogP contribution in [0.3, 0.4) is 0 Å². The predicted octanol–water partition coefficient (Wildman–Crippen LogP) is 1.18. The van der Waals surface area contributed by atoms with Crippen LogP contribution in [0.1, 0.15) is 17.4 Å². The van der Waals surface area contributed by atoms with Crippen LogP contribution in [0.15, 0.2) is 10.9 Å². The largest absolute Gasteiger partial charge is 0.464 e. The molecule has 0 aliphatic heterocycles. The number of nitrogens with one attached hydrogen (secondary N) is 1. The number of nitrogens with zero attached hydrogens (tertiary/aromatic N) is 2. The summed E-state index contributed by atoms with van der Waals surface area (Å²) in [7, 11) is 1.25. The van der Waals surface area contributed by atoms with Gasteiger partial charge in [0.15, 0.2) is 5.69 Å². The van der Waals surface area contributed by atoms with Crippen LogP contribution in [0.2, 0.25) is 5.15 Å². The lowest BCUT2D eigenvalue weighted by Crippen LogP contribution is -2.08. The average molecular weight is 256 g/mol. The summed E-state index contributed by atoms with van der Waals surface area (Å²) in [6.07, 6.45) is 0.